The zero-order valence-electron chi connectivity index (χ0n) is 15.3. The molecule has 1 aromatic heterocycles. The van der Waals surface area contributed by atoms with Crippen LogP contribution in [0.15, 0.2) is 42.6 Å². The third kappa shape index (κ3) is 3.49. The zero-order chi connectivity index (χ0) is 19.7. The summed E-state index contributed by atoms with van der Waals surface area (Å²) in [7, 11) is 0. The van der Waals surface area contributed by atoms with Gasteiger partial charge in [-0.2, -0.15) is 0 Å². The van der Waals surface area contributed by atoms with Crippen molar-refractivity contribution in [2.45, 2.75) is 38.1 Å². The Balaban J connectivity index is 1.38. The van der Waals surface area contributed by atoms with Crippen LogP contribution in [-0.2, 0) is 4.79 Å². The molecule has 0 unspecified atom stereocenters. The number of benzene rings is 1. The van der Waals surface area contributed by atoms with Crippen molar-refractivity contribution < 1.29 is 14.0 Å². The van der Waals surface area contributed by atoms with Crippen molar-refractivity contribution in [3.8, 4) is 0 Å². The average Bonchev–Trinajstić information content (AvgIpc) is 3.00. The molecule has 4 rings (SSSR count). The number of halogens is 2. The molecular weight excluding hydrogens is 381 g/mol. The van der Waals surface area contributed by atoms with Crippen LogP contribution in [0.4, 0.5) is 10.2 Å². The molecular formula is C21H21ClFN3O2. The lowest BCUT2D eigenvalue weighted by molar-refractivity contribution is -0.127. The molecule has 1 N–H and O–H groups in total. The Morgan fingerprint density at radius 2 is 2.00 bits per heavy atom. The van der Waals surface area contributed by atoms with Crippen molar-refractivity contribution in [1.29, 1.82) is 0 Å². The molecule has 5 nitrogen and oxygen atoms in total. The summed E-state index contributed by atoms with van der Waals surface area (Å²) in [6, 6.07) is 9.30. The van der Waals surface area contributed by atoms with Gasteiger partial charge in [-0.1, -0.05) is 17.7 Å². The second-order valence-electron chi connectivity index (χ2n) is 7.55. The number of nitrogens with zero attached hydrogens (tertiary/aromatic N) is 2. The number of anilines is 1. The molecule has 0 bridgehead atoms. The molecule has 1 aromatic carbocycles. The maximum absolute atomic E-state index is 13.2. The van der Waals surface area contributed by atoms with Crippen molar-refractivity contribution in [3.63, 3.8) is 0 Å². The van der Waals surface area contributed by atoms with E-state index in [1.165, 1.54) is 12.1 Å². The molecule has 1 spiro atoms. The minimum atomic E-state index is -0.474. The van der Waals surface area contributed by atoms with Gasteiger partial charge in [0.25, 0.3) is 5.91 Å². The number of hydrogen-bond donors (Lipinski definition) is 1. The molecule has 1 aliphatic carbocycles. The summed E-state index contributed by atoms with van der Waals surface area (Å²) in [5, 5.41) is 3.08. The van der Waals surface area contributed by atoms with Crippen LogP contribution >= 0.6 is 11.6 Å². The molecule has 2 aromatic rings. The van der Waals surface area contributed by atoms with Crippen LogP contribution in [0.3, 0.4) is 0 Å². The lowest BCUT2D eigenvalue weighted by atomic mass is 9.71. The minimum Gasteiger partial charge on any atom is -0.349 e. The zero-order valence-corrected chi connectivity index (χ0v) is 16.1. The molecule has 2 fully saturated rings. The number of nitrogens with one attached hydrogen (secondary N) is 1. The Bertz CT molecular complexity index is 898. The predicted molar refractivity (Wildman–Crippen MR) is 105 cm³/mol. The summed E-state index contributed by atoms with van der Waals surface area (Å²) in [4.78, 5) is 31.6. The van der Waals surface area contributed by atoms with Gasteiger partial charge >= 0.3 is 0 Å². The van der Waals surface area contributed by atoms with E-state index in [2.05, 4.69) is 10.3 Å². The summed E-state index contributed by atoms with van der Waals surface area (Å²) in [5.74, 6) is 0.0560. The Labute approximate surface area is 167 Å². The van der Waals surface area contributed by atoms with Crippen molar-refractivity contribution >= 4 is 29.2 Å². The standard InChI is InChI=1S/C21H21ClFN3O2/c22-17-13-14(23)4-5-16(17)19(27)25-15-6-8-21(9-7-15)10-12-26(20(21)28)18-3-1-2-11-24-18/h1-5,11,13,15H,6-10,12H2,(H,25,27)/t15-,21-. The maximum Gasteiger partial charge on any atom is 0.253 e. The van der Waals surface area contributed by atoms with E-state index in [4.69, 9.17) is 11.6 Å². The highest BCUT2D eigenvalue weighted by Crippen LogP contribution is 2.45. The van der Waals surface area contributed by atoms with E-state index in [-0.39, 0.29) is 33.9 Å². The fourth-order valence-corrected chi connectivity index (χ4v) is 4.52. The number of carbonyl (C=O) groups excluding carboxylic acids is 2. The van der Waals surface area contributed by atoms with Crippen LogP contribution in [-0.4, -0.2) is 29.4 Å². The first-order valence-electron chi connectivity index (χ1n) is 9.47. The first-order valence-corrected chi connectivity index (χ1v) is 9.85. The van der Waals surface area contributed by atoms with Gasteiger partial charge in [0, 0.05) is 18.8 Å². The lowest BCUT2D eigenvalue weighted by Crippen LogP contribution is -2.44. The van der Waals surface area contributed by atoms with Crippen molar-refractivity contribution in [1.82, 2.24) is 10.3 Å². The first kappa shape index (κ1) is 18.9. The molecule has 1 aliphatic heterocycles. The monoisotopic (exact) mass is 401 g/mol. The Hall–Kier alpha value is -2.47. The van der Waals surface area contributed by atoms with Crippen LogP contribution in [0.5, 0.6) is 0 Å². The summed E-state index contributed by atoms with van der Waals surface area (Å²) >= 11 is 5.98. The van der Waals surface area contributed by atoms with Gasteiger partial charge in [-0.05, 0) is 62.4 Å². The predicted octanol–water partition coefficient (Wildman–Crippen LogP) is 3.97. The summed E-state index contributed by atoms with van der Waals surface area (Å²) in [5.41, 5.74) is -0.0895. The SMILES string of the molecule is O=C(N[C@H]1CC[C@@]2(CCN(c3ccccn3)C2=O)CC1)c1ccc(F)cc1Cl. The van der Waals surface area contributed by atoms with E-state index in [0.29, 0.717) is 12.4 Å². The molecule has 7 heteroatoms. The molecule has 28 heavy (non-hydrogen) atoms. The Morgan fingerprint density at radius 1 is 1.21 bits per heavy atom. The van der Waals surface area contributed by atoms with Crippen LogP contribution in [0.2, 0.25) is 5.02 Å². The van der Waals surface area contributed by atoms with Gasteiger partial charge in [0.05, 0.1) is 16.0 Å². The van der Waals surface area contributed by atoms with Gasteiger partial charge in [0.1, 0.15) is 11.6 Å². The van der Waals surface area contributed by atoms with Crippen LogP contribution in [0.1, 0.15) is 42.5 Å². The molecule has 146 valence electrons. The van der Waals surface area contributed by atoms with E-state index in [1.807, 2.05) is 18.2 Å². The number of amides is 2. The van der Waals surface area contributed by atoms with E-state index in [9.17, 15) is 14.0 Å². The quantitative estimate of drug-likeness (QED) is 0.846. The van der Waals surface area contributed by atoms with Gasteiger partial charge in [-0.25, -0.2) is 9.37 Å². The van der Waals surface area contributed by atoms with E-state index in [0.717, 1.165) is 38.2 Å². The average molecular weight is 402 g/mol. The molecule has 0 radical (unpaired) electrons. The number of carbonyl (C=O) groups is 2. The van der Waals surface area contributed by atoms with Crippen molar-refractivity contribution in [2.75, 3.05) is 11.4 Å². The Kier molecular flexibility index (Phi) is 5.06. The van der Waals surface area contributed by atoms with Gasteiger partial charge in [-0.3, -0.25) is 14.5 Å². The molecule has 2 amide bonds. The fourth-order valence-electron chi connectivity index (χ4n) is 4.27. The third-order valence-electron chi connectivity index (χ3n) is 5.89. The number of aromatic nitrogens is 1. The number of pyridine rings is 1. The third-order valence-corrected chi connectivity index (χ3v) is 6.21. The van der Waals surface area contributed by atoms with E-state index >= 15 is 0 Å². The number of rotatable bonds is 3. The first-order chi connectivity index (χ1) is 13.5. The van der Waals surface area contributed by atoms with Crippen LogP contribution in [0, 0.1) is 11.2 Å². The van der Waals surface area contributed by atoms with Gasteiger partial charge in [0.2, 0.25) is 5.91 Å². The minimum absolute atomic E-state index is 0.0176. The fraction of sp³-hybridized carbons (Fsp3) is 0.381. The van der Waals surface area contributed by atoms with Gasteiger partial charge < -0.3 is 5.32 Å². The molecule has 0 atom stereocenters. The van der Waals surface area contributed by atoms with E-state index < -0.39 is 5.82 Å². The van der Waals surface area contributed by atoms with Gasteiger partial charge in [-0.15, -0.1) is 0 Å². The highest BCUT2D eigenvalue weighted by molar-refractivity contribution is 6.33. The highest BCUT2D eigenvalue weighted by atomic mass is 35.5. The van der Waals surface area contributed by atoms with Crippen molar-refractivity contribution in [3.05, 3.63) is 59.0 Å². The maximum atomic E-state index is 13.2. The van der Waals surface area contributed by atoms with E-state index in [1.54, 1.807) is 11.1 Å². The Morgan fingerprint density at radius 3 is 2.68 bits per heavy atom. The highest BCUT2D eigenvalue weighted by Gasteiger charge is 2.49. The summed E-state index contributed by atoms with van der Waals surface area (Å²) in [6.45, 7) is 0.679. The smallest absolute Gasteiger partial charge is 0.253 e. The van der Waals surface area contributed by atoms with Crippen molar-refractivity contribution in [2.24, 2.45) is 5.41 Å². The molecule has 1 saturated heterocycles. The van der Waals surface area contributed by atoms with Crippen LogP contribution < -0.4 is 10.2 Å². The molecule has 2 aliphatic rings. The number of hydrogen-bond acceptors (Lipinski definition) is 3. The molecule has 1 saturated carbocycles. The second kappa shape index (κ2) is 7.51. The summed E-state index contributed by atoms with van der Waals surface area (Å²) in [6.07, 6.45) is 5.43. The largest absolute Gasteiger partial charge is 0.349 e. The molecule has 2 heterocycles. The topological polar surface area (TPSA) is 62.3 Å². The normalized spacial score (nSPS) is 24.6. The van der Waals surface area contributed by atoms with Crippen LogP contribution in [0.25, 0.3) is 0 Å². The summed E-state index contributed by atoms with van der Waals surface area (Å²) < 4.78 is 13.2. The lowest BCUT2D eigenvalue weighted by Gasteiger charge is -2.36. The second-order valence-corrected chi connectivity index (χ2v) is 7.95. The van der Waals surface area contributed by atoms with Gasteiger partial charge in [0.15, 0.2) is 0 Å².